The zero-order valence-corrected chi connectivity index (χ0v) is 13.2. The lowest BCUT2D eigenvalue weighted by Gasteiger charge is -2.48. The average Bonchev–Trinajstić information content (AvgIpc) is 2.42. The highest BCUT2D eigenvalue weighted by Gasteiger charge is 2.45. The highest BCUT2D eigenvalue weighted by molar-refractivity contribution is 5.97. The number of nitrogens with one attached hydrogen (secondary N) is 1. The Morgan fingerprint density at radius 1 is 1.25 bits per heavy atom. The Morgan fingerprint density at radius 3 is 2.50 bits per heavy atom. The molecule has 0 aromatic carbocycles. The average molecular weight is 280 g/mol. The maximum atomic E-state index is 12.7. The van der Waals surface area contributed by atoms with Crippen LogP contribution in [0.4, 0.5) is 0 Å². The van der Waals surface area contributed by atoms with E-state index < -0.39 is 0 Å². The van der Waals surface area contributed by atoms with Crippen molar-refractivity contribution >= 4 is 11.8 Å². The van der Waals surface area contributed by atoms with E-state index >= 15 is 0 Å². The van der Waals surface area contributed by atoms with Crippen LogP contribution >= 0.6 is 0 Å². The third-order valence-electron chi connectivity index (χ3n) is 4.93. The molecule has 2 amide bonds. The normalized spacial score (nSPS) is 35.4. The molecule has 0 radical (unpaired) electrons. The van der Waals surface area contributed by atoms with E-state index in [0.29, 0.717) is 5.92 Å². The number of hydrogen-bond donors (Lipinski definition) is 1. The lowest BCUT2D eigenvalue weighted by molar-refractivity contribution is -0.156. The molecule has 0 aromatic rings. The molecule has 2 fully saturated rings. The largest absolute Gasteiger partial charge is 0.343 e. The molecular formula is C16H28N2O2. The molecule has 20 heavy (non-hydrogen) atoms. The number of piperazine rings is 1. The van der Waals surface area contributed by atoms with E-state index in [-0.39, 0.29) is 35.9 Å². The van der Waals surface area contributed by atoms with Crippen LogP contribution in [-0.4, -0.2) is 34.8 Å². The van der Waals surface area contributed by atoms with Crippen molar-refractivity contribution in [2.75, 3.05) is 0 Å². The van der Waals surface area contributed by atoms with Crippen LogP contribution in [0.5, 0.6) is 0 Å². The molecule has 1 saturated heterocycles. The van der Waals surface area contributed by atoms with Crippen LogP contribution in [0.15, 0.2) is 0 Å². The van der Waals surface area contributed by atoms with Crippen molar-refractivity contribution in [3.63, 3.8) is 0 Å². The Labute approximate surface area is 122 Å². The van der Waals surface area contributed by atoms with E-state index in [1.165, 1.54) is 19.3 Å². The van der Waals surface area contributed by atoms with Gasteiger partial charge in [0.25, 0.3) is 0 Å². The van der Waals surface area contributed by atoms with E-state index in [1.54, 1.807) is 6.92 Å². The second-order valence-corrected chi connectivity index (χ2v) is 6.68. The van der Waals surface area contributed by atoms with E-state index in [2.05, 4.69) is 12.2 Å². The van der Waals surface area contributed by atoms with Crippen LogP contribution in [0.3, 0.4) is 0 Å². The summed E-state index contributed by atoms with van der Waals surface area (Å²) < 4.78 is 0. The minimum atomic E-state index is -0.378. The number of rotatable bonds is 3. The van der Waals surface area contributed by atoms with E-state index in [0.717, 1.165) is 12.8 Å². The molecule has 114 valence electrons. The Morgan fingerprint density at radius 2 is 1.90 bits per heavy atom. The van der Waals surface area contributed by atoms with Crippen molar-refractivity contribution in [3.05, 3.63) is 0 Å². The molecule has 1 aliphatic carbocycles. The topological polar surface area (TPSA) is 49.4 Å². The standard InChI is InChI=1S/C16H28N2O2/c1-5-12-8-6-7-9-13(12)18-14(10(2)3)15(19)17-11(4)16(18)20/h10-14H,5-9H2,1-4H3,(H,17,19). The highest BCUT2D eigenvalue weighted by atomic mass is 16.2. The van der Waals surface area contributed by atoms with Gasteiger partial charge in [0.05, 0.1) is 0 Å². The number of carbonyl (C=O) groups excluding carboxylic acids is 2. The van der Waals surface area contributed by atoms with Gasteiger partial charge < -0.3 is 10.2 Å². The maximum Gasteiger partial charge on any atom is 0.245 e. The monoisotopic (exact) mass is 280 g/mol. The van der Waals surface area contributed by atoms with Gasteiger partial charge in [-0.2, -0.15) is 0 Å². The fourth-order valence-electron chi connectivity index (χ4n) is 3.87. The molecule has 4 atom stereocenters. The lowest BCUT2D eigenvalue weighted by atomic mass is 9.79. The van der Waals surface area contributed by atoms with E-state index in [1.807, 2.05) is 18.7 Å². The molecule has 2 rings (SSSR count). The molecule has 1 saturated carbocycles. The minimum Gasteiger partial charge on any atom is -0.343 e. The van der Waals surface area contributed by atoms with E-state index in [9.17, 15) is 9.59 Å². The Balaban J connectivity index is 2.31. The molecule has 0 aromatic heterocycles. The van der Waals surface area contributed by atoms with Crippen LogP contribution in [0, 0.1) is 11.8 Å². The lowest BCUT2D eigenvalue weighted by Crippen LogP contribution is -2.67. The molecular weight excluding hydrogens is 252 g/mol. The fourth-order valence-corrected chi connectivity index (χ4v) is 3.87. The van der Waals surface area contributed by atoms with Crippen molar-refractivity contribution in [1.82, 2.24) is 10.2 Å². The summed E-state index contributed by atoms with van der Waals surface area (Å²) in [6.45, 7) is 8.06. The first-order chi connectivity index (χ1) is 9.47. The van der Waals surface area contributed by atoms with Gasteiger partial charge in [-0.15, -0.1) is 0 Å². The van der Waals surface area contributed by atoms with Crippen molar-refractivity contribution in [2.24, 2.45) is 11.8 Å². The summed E-state index contributed by atoms with van der Waals surface area (Å²) in [7, 11) is 0. The third kappa shape index (κ3) is 2.70. The summed E-state index contributed by atoms with van der Waals surface area (Å²) >= 11 is 0. The first-order valence-corrected chi connectivity index (χ1v) is 8.09. The number of nitrogens with zero attached hydrogens (tertiary/aromatic N) is 1. The minimum absolute atomic E-state index is 0.0209. The van der Waals surface area contributed by atoms with Crippen LogP contribution < -0.4 is 5.32 Å². The van der Waals surface area contributed by atoms with Gasteiger partial charge in [-0.1, -0.05) is 40.0 Å². The van der Waals surface area contributed by atoms with Crippen LogP contribution in [0.2, 0.25) is 0 Å². The Bertz CT molecular complexity index is 381. The maximum absolute atomic E-state index is 12.7. The van der Waals surface area contributed by atoms with Crippen LogP contribution in [0.25, 0.3) is 0 Å². The van der Waals surface area contributed by atoms with Crippen LogP contribution in [0.1, 0.15) is 59.8 Å². The summed E-state index contributed by atoms with van der Waals surface area (Å²) in [5, 5.41) is 2.83. The van der Waals surface area contributed by atoms with E-state index in [4.69, 9.17) is 0 Å². The second-order valence-electron chi connectivity index (χ2n) is 6.68. The third-order valence-corrected chi connectivity index (χ3v) is 4.93. The second kappa shape index (κ2) is 6.15. The summed E-state index contributed by atoms with van der Waals surface area (Å²) in [4.78, 5) is 26.9. The van der Waals surface area contributed by atoms with Crippen LogP contribution in [-0.2, 0) is 9.59 Å². The zero-order valence-electron chi connectivity index (χ0n) is 13.2. The highest BCUT2D eigenvalue weighted by Crippen LogP contribution is 2.34. The van der Waals surface area contributed by atoms with Crippen molar-refractivity contribution < 1.29 is 9.59 Å². The van der Waals surface area contributed by atoms with Crippen molar-refractivity contribution in [3.8, 4) is 0 Å². The fraction of sp³-hybridized carbons (Fsp3) is 0.875. The first kappa shape index (κ1) is 15.3. The zero-order chi connectivity index (χ0) is 14.9. The van der Waals surface area contributed by atoms with Gasteiger partial charge in [-0.3, -0.25) is 9.59 Å². The van der Waals surface area contributed by atoms with Gasteiger partial charge in [0.15, 0.2) is 0 Å². The Hall–Kier alpha value is -1.06. The number of amides is 2. The predicted octanol–water partition coefficient (Wildman–Crippen LogP) is 2.33. The molecule has 4 heteroatoms. The molecule has 1 N–H and O–H groups in total. The van der Waals surface area contributed by atoms with Gasteiger partial charge in [-0.25, -0.2) is 0 Å². The first-order valence-electron chi connectivity index (χ1n) is 8.09. The predicted molar refractivity (Wildman–Crippen MR) is 79.1 cm³/mol. The summed E-state index contributed by atoms with van der Waals surface area (Å²) in [5.74, 6) is 0.833. The van der Waals surface area contributed by atoms with Gasteiger partial charge in [-0.05, 0) is 31.6 Å². The number of hydrogen-bond acceptors (Lipinski definition) is 2. The smallest absolute Gasteiger partial charge is 0.245 e. The van der Waals surface area contributed by atoms with Gasteiger partial charge in [0, 0.05) is 6.04 Å². The van der Waals surface area contributed by atoms with Gasteiger partial charge in [0.2, 0.25) is 11.8 Å². The summed E-state index contributed by atoms with van der Waals surface area (Å²) in [5.41, 5.74) is 0. The molecule has 4 unspecified atom stereocenters. The molecule has 4 nitrogen and oxygen atoms in total. The quantitative estimate of drug-likeness (QED) is 0.862. The molecule has 2 aliphatic rings. The summed E-state index contributed by atoms with van der Waals surface area (Å²) in [6.07, 6.45) is 5.76. The molecule has 1 aliphatic heterocycles. The Kier molecular flexibility index (Phi) is 4.71. The van der Waals surface area contributed by atoms with Gasteiger partial charge >= 0.3 is 0 Å². The molecule has 0 spiro atoms. The van der Waals surface area contributed by atoms with Gasteiger partial charge in [0.1, 0.15) is 12.1 Å². The molecule has 1 heterocycles. The number of carbonyl (C=O) groups is 2. The molecule has 0 bridgehead atoms. The summed E-state index contributed by atoms with van der Waals surface area (Å²) in [6, 6.07) is -0.421. The van der Waals surface area contributed by atoms with Crippen molar-refractivity contribution in [2.45, 2.75) is 77.9 Å². The van der Waals surface area contributed by atoms with Crippen molar-refractivity contribution in [1.29, 1.82) is 0 Å². The SMILES string of the molecule is CCC1CCCCC1N1C(=O)C(C)NC(=O)C1C(C)C.